The largest absolute Gasteiger partial charge is 0.396 e. The lowest BCUT2D eigenvalue weighted by molar-refractivity contribution is -0.384. The van der Waals surface area contributed by atoms with Crippen LogP contribution in [0.5, 0.6) is 0 Å². The van der Waals surface area contributed by atoms with E-state index in [1.807, 2.05) is 0 Å². The van der Waals surface area contributed by atoms with Crippen LogP contribution in [0, 0.1) is 15.9 Å². The zero-order chi connectivity index (χ0) is 20.2. The van der Waals surface area contributed by atoms with Crippen molar-refractivity contribution in [2.45, 2.75) is 24.3 Å². The molecule has 9 nitrogen and oxygen atoms in total. The Bertz CT molecular complexity index is 963. The summed E-state index contributed by atoms with van der Waals surface area (Å²) in [4.78, 5) is 21.9. The lowest BCUT2D eigenvalue weighted by Gasteiger charge is -2.16. The fourth-order valence-corrected chi connectivity index (χ4v) is 3.18. The summed E-state index contributed by atoms with van der Waals surface area (Å²) in [6, 6.07) is 7.63. The number of carbonyl (C=O) groups is 1. The molecular weight excluding hydrogens is 381 g/mol. The van der Waals surface area contributed by atoms with Gasteiger partial charge in [0.05, 0.1) is 15.5 Å². The van der Waals surface area contributed by atoms with Gasteiger partial charge in [0, 0.05) is 17.8 Å². The number of nitrogen functional groups attached to an aromatic ring is 1. The van der Waals surface area contributed by atoms with Crippen LogP contribution >= 0.6 is 0 Å². The molecule has 144 valence electrons. The topological polar surface area (TPSA) is 142 Å². The van der Waals surface area contributed by atoms with Gasteiger partial charge in [0.25, 0.3) is 21.7 Å². The Balaban J connectivity index is 2.15. The number of anilines is 2. The molecule has 1 unspecified atom stereocenters. The van der Waals surface area contributed by atoms with Crippen LogP contribution in [-0.4, -0.2) is 25.4 Å². The van der Waals surface area contributed by atoms with Gasteiger partial charge in [-0.2, -0.15) is 8.42 Å². The zero-order valence-corrected chi connectivity index (χ0v) is 14.9. The first-order valence-electron chi connectivity index (χ1n) is 7.67. The molecule has 0 aromatic heterocycles. The van der Waals surface area contributed by atoms with E-state index in [0.29, 0.717) is 0 Å². The molecule has 0 saturated carbocycles. The Labute approximate surface area is 154 Å². The number of nitro benzene ring substituents is 1. The molecule has 0 heterocycles. The minimum absolute atomic E-state index is 0.00942. The number of nitrogens with one attached hydrogen (secondary N) is 1. The van der Waals surface area contributed by atoms with Crippen molar-refractivity contribution in [1.29, 1.82) is 0 Å². The smallest absolute Gasteiger partial charge is 0.297 e. The van der Waals surface area contributed by atoms with Gasteiger partial charge < -0.3 is 11.1 Å². The fraction of sp³-hybridized carbons (Fsp3) is 0.188. The predicted octanol–water partition coefficient (Wildman–Crippen LogP) is 2.44. The summed E-state index contributed by atoms with van der Waals surface area (Å²) in [7, 11) is -4.34. The molecule has 0 fully saturated rings. The summed E-state index contributed by atoms with van der Waals surface area (Å²) in [5.41, 5.74) is 5.05. The quantitative estimate of drug-likeness (QED) is 0.316. The van der Waals surface area contributed by atoms with E-state index < -0.39 is 32.9 Å². The van der Waals surface area contributed by atoms with Crippen molar-refractivity contribution in [3.05, 3.63) is 58.4 Å². The van der Waals surface area contributed by atoms with Gasteiger partial charge in [-0.05, 0) is 36.8 Å². The lowest BCUT2D eigenvalue weighted by Crippen LogP contribution is -2.32. The third kappa shape index (κ3) is 4.99. The second-order valence-electron chi connectivity index (χ2n) is 5.42. The molecule has 2 aromatic carbocycles. The molecule has 0 aliphatic rings. The Morgan fingerprint density at radius 1 is 1.30 bits per heavy atom. The van der Waals surface area contributed by atoms with Crippen LogP contribution in [0.25, 0.3) is 0 Å². The molecule has 0 radical (unpaired) electrons. The molecule has 1 atom stereocenters. The third-order valence-corrected chi connectivity index (χ3v) is 4.85. The maximum atomic E-state index is 13.4. The predicted molar refractivity (Wildman–Crippen MR) is 94.9 cm³/mol. The minimum atomic E-state index is -4.34. The second-order valence-corrected chi connectivity index (χ2v) is 7.00. The van der Waals surface area contributed by atoms with Crippen LogP contribution in [-0.2, 0) is 19.1 Å². The molecule has 0 bridgehead atoms. The number of carbonyl (C=O) groups excluding carboxylic acids is 1. The fourth-order valence-electron chi connectivity index (χ4n) is 2.07. The summed E-state index contributed by atoms with van der Waals surface area (Å²) in [6.07, 6.45) is -1.37. The van der Waals surface area contributed by atoms with Crippen molar-refractivity contribution >= 4 is 33.1 Å². The summed E-state index contributed by atoms with van der Waals surface area (Å²) in [5, 5.41) is 13.0. The van der Waals surface area contributed by atoms with Gasteiger partial charge in [-0.25, -0.2) is 4.39 Å². The summed E-state index contributed by atoms with van der Waals surface area (Å²) in [6.45, 7) is 1.53. The van der Waals surface area contributed by atoms with Gasteiger partial charge in [-0.1, -0.05) is 6.92 Å². The highest BCUT2D eigenvalue weighted by atomic mass is 32.2. The van der Waals surface area contributed by atoms with E-state index in [2.05, 4.69) is 5.32 Å². The third-order valence-electron chi connectivity index (χ3n) is 3.51. The van der Waals surface area contributed by atoms with Gasteiger partial charge >= 0.3 is 0 Å². The molecule has 0 saturated heterocycles. The molecule has 2 rings (SSSR count). The van der Waals surface area contributed by atoms with Crippen LogP contribution in [0.1, 0.15) is 13.3 Å². The van der Waals surface area contributed by atoms with Crippen LogP contribution in [0.3, 0.4) is 0 Å². The first-order valence-corrected chi connectivity index (χ1v) is 9.08. The standard InChI is InChI=1S/C16H16FN3O6S/c1-2-15(16(21)19-10-3-8-14(18)13(17)9-10)26-27(24,25)12-6-4-11(5-7-12)20(22)23/h3-9,15H,2,18H2,1H3,(H,19,21). The number of non-ortho nitro benzene ring substituents is 1. The monoisotopic (exact) mass is 397 g/mol. The minimum Gasteiger partial charge on any atom is -0.396 e. The maximum Gasteiger partial charge on any atom is 0.297 e. The average Bonchev–Trinajstić information content (AvgIpc) is 2.62. The number of hydrogen-bond donors (Lipinski definition) is 2. The van der Waals surface area contributed by atoms with E-state index in [4.69, 9.17) is 9.92 Å². The number of halogens is 1. The first kappa shape index (κ1) is 20.3. The van der Waals surface area contributed by atoms with Crippen LogP contribution < -0.4 is 11.1 Å². The Hall–Kier alpha value is -3.05. The number of rotatable bonds is 7. The van der Waals surface area contributed by atoms with Crippen molar-refractivity contribution in [2.75, 3.05) is 11.1 Å². The van der Waals surface area contributed by atoms with Gasteiger partial charge in [-0.3, -0.25) is 19.1 Å². The van der Waals surface area contributed by atoms with E-state index in [1.165, 1.54) is 19.1 Å². The summed E-state index contributed by atoms with van der Waals surface area (Å²) in [5.74, 6) is -1.53. The molecule has 0 spiro atoms. The van der Waals surface area contributed by atoms with Crippen LogP contribution in [0.2, 0.25) is 0 Å². The van der Waals surface area contributed by atoms with Gasteiger partial charge in [0.1, 0.15) is 5.82 Å². The highest BCUT2D eigenvalue weighted by molar-refractivity contribution is 7.86. The molecule has 3 N–H and O–H groups in total. The van der Waals surface area contributed by atoms with Gasteiger partial charge in [0.15, 0.2) is 6.10 Å². The van der Waals surface area contributed by atoms with Crippen LogP contribution in [0.4, 0.5) is 21.5 Å². The highest BCUT2D eigenvalue weighted by Crippen LogP contribution is 2.21. The molecule has 11 heteroatoms. The van der Waals surface area contributed by atoms with E-state index in [9.17, 15) is 27.7 Å². The first-order chi connectivity index (χ1) is 12.6. The Morgan fingerprint density at radius 3 is 2.44 bits per heavy atom. The number of amides is 1. The van der Waals surface area contributed by atoms with E-state index >= 15 is 0 Å². The number of benzene rings is 2. The SMILES string of the molecule is CCC(OS(=O)(=O)c1ccc([N+](=O)[O-])cc1)C(=O)Nc1ccc(N)c(F)c1. The van der Waals surface area contributed by atoms with Crippen molar-refractivity contribution in [3.63, 3.8) is 0 Å². The normalized spacial score (nSPS) is 12.4. The van der Waals surface area contributed by atoms with E-state index in [1.54, 1.807) is 0 Å². The van der Waals surface area contributed by atoms with Crippen LogP contribution in [0.15, 0.2) is 47.4 Å². The van der Waals surface area contributed by atoms with Crippen molar-refractivity contribution in [2.24, 2.45) is 0 Å². The molecule has 27 heavy (non-hydrogen) atoms. The number of nitrogens with zero attached hydrogens (tertiary/aromatic N) is 1. The van der Waals surface area contributed by atoms with Crippen molar-refractivity contribution < 1.29 is 26.7 Å². The molecule has 0 aliphatic heterocycles. The Morgan fingerprint density at radius 2 is 1.93 bits per heavy atom. The number of hydrogen-bond acceptors (Lipinski definition) is 7. The molecular formula is C16H16FN3O6S. The lowest BCUT2D eigenvalue weighted by atomic mass is 10.2. The summed E-state index contributed by atoms with van der Waals surface area (Å²) >= 11 is 0. The van der Waals surface area contributed by atoms with Crippen molar-refractivity contribution in [3.8, 4) is 0 Å². The molecule has 0 aliphatic carbocycles. The van der Waals surface area contributed by atoms with E-state index in [-0.39, 0.29) is 28.4 Å². The van der Waals surface area contributed by atoms with E-state index in [0.717, 1.165) is 30.3 Å². The second kappa shape index (κ2) is 8.10. The Kier molecular flexibility index (Phi) is 6.08. The molecule has 2 aromatic rings. The average molecular weight is 397 g/mol. The van der Waals surface area contributed by atoms with Gasteiger partial charge in [0.2, 0.25) is 0 Å². The highest BCUT2D eigenvalue weighted by Gasteiger charge is 2.27. The molecule has 1 amide bonds. The van der Waals surface area contributed by atoms with Crippen molar-refractivity contribution in [1.82, 2.24) is 0 Å². The maximum absolute atomic E-state index is 13.4. The summed E-state index contributed by atoms with van der Waals surface area (Å²) < 4.78 is 43.0. The zero-order valence-electron chi connectivity index (χ0n) is 14.1. The number of nitrogens with two attached hydrogens (primary N) is 1. The number of nitro groups is 1. The van der Waals surface area contributed by atoms with Gasteiger partial charge in [-0.15, -0.1) is 0 Å².